The first-order chi connectivity index (χ1) is 13.3. The molecule has 2 aromatic rings. The Labute approximate surface area is 163 Å². The molecule has 1 aliphatic heterocycles. The highest BCUT2D eigenvalue weighted by Gasteiger charge is 2.29. The van der Waals surface area contributed by atoms with Crippen molar-refractivity contribution in [2.75, 3.05) is 26.3 Å². The zero-order valence-electron chi connectivity index (χ0n) is 15.7. The average Bonchev–Trinajstić information content (AvgIpc) is 2.69. The molecular formula is C19H22N2O6S. The van der Waals surface area contributed by atoms with Crippen LogP contribution in [0.15, 0.2) is 47.4 Å². The van der Waals surface area contributed by atoms with E-state index in [4.69, 9.17) is 9.47 Å². The molecule has 2 aromatic carbocycles. The molecule has 1 fully saturated rings. The van der Waals surface area contributed by atoms with Crippen LogP contribution in [0.4, 0.5) is 5.69 Å². The van der Waals surface area contributed by atoms with Crippen LogP contribution in [0.25, 0.3) is 0 Å². The molecular weight excluding hydrogens is 384 g/mol. The van der Waals surface area contributed by atoms with Gasteiger partial charge in [-0.3, -0.25) is 10.1 Å². The fourth-order valence-corrected chi connectivity index (χ4v) is 4.30. The number of sulfonamides is 1. The van der Waals surface area contributed by atoms with Crippen molar-refractivity contribution in [3.8, 4) is 11.5 Å². The molecule has 0 aromatic heterocycles. The van der Waals surface area contributed by atoms with Crippen LogP contribution >= 0.6 is 0 Å². The highest BCUT2D eigenvalue weighted by atomic mass is 32.2. The summed E-state index contributed by atoms with van der Waals surface area (Å²) in [6.45, 7) is 5.17. The topological polar surface area (TPSA) is 99.0 Å². The third-order valence-corrected chi connectivity index (χ3v) is 6.40. The van der Waals surface area contributed by atoms with E-state index in [0.29, 0.717) is 24.9 Å². The molecule has 0 unspecified atom stereocenters. The molecule has 1 heterocycles. The largest absolute Gasteiger partial charge is 0.450 e. The lowest BCUT2D eigenvalue weighted by Gasteiger charge is -2.26. The number of nitro groups is 1. The van der Waals surface area contributed by atoms with Gasteiger partial charge in [-0.15, -0.1) is 0 Å². The smallest absolute Gasteiger partial charge is 0.312 e. The first kappa shape index (κ1) is 20.2. The number of nitro benzene ring substituents is 1. The van der Waals surface area contributed by atoms with Crippen molar-refractivity contribution < 1.29 is 22.8 Å². The molecule has 0 spiro atoms. The lowest BCUT2D eigenvalue weighted by molar-refractivity contribution is -0.385. The molecule has 0 radical (unpaired) electrons. The molecule has 0 saturated carbocycles. The number of hydrogen-bond donors (Lipinski definition) is 0. The van der Waals surface area contributed by atoms with Crippen LogP contribution in [0, 0.1) is 10.1 Å². The SMILES string of the molecule is CC(C)c1ccc(Oc2ccc(S(=O)(=O)N3CCOCC3)cc2[N+](=O)[O-])cc1. The van der Waals surface area contributed by atoms with Crippen molar-refractivity contribution in [2.24, 2.45) is 0 Å². The molecule has 1 aliphatic rings. The summed E-state index contributed by atoms with van der Waals surface area (Å²) in [5.74, 6) is 0.785. The van der Waals surface area contributed by atoms with Gasteiger partial charge in [0.05, 0.1) is 23.0 Å². The van der Waals surface area contributed by atoms with E-state index in [1.165, 1.54) is 16.4 Å². The number of ether oxygens (including phenoxy) is 2. The van der Waals surface area contributed by atoms with Gasteiger partial charge in [0, 0.05) is 19.2 Å². The van der Waals surface area contributed by atoms with Gasteiger partial charge < -0.3 is 9.47 Å². The van der Waals surface area contributed by atoms with Gasteiger partial charge in [-0.1, -0.05) is 26.0 Å². The van der Waals surface area contributed by atoms with Crippen LogP contribution < -0.4 is 4.74 Å². The van der Waals surface area contributed by atoms with Crippen LogP contribution in [0.3, 0.4) is 0 Å². The molecule has 1 saturated heterocycles. The number of nitrogens with zero attached hydrogens (tertiary/aromatic N) is 2. The monoisotopic (exact) mass is 406 g/mol. The van der Waals surface area contributed by atoms with Gasteiger partial charge in [0.15, 0.2) is 0 Å². The van der Waals surface area contributed by atoms with Crippen LogP contribution in [0.1, 0.15) is 25.3 Å². The molecule has 0 aliphatic carbocycles. The zero-order valence-corrected chi connectivity index (χ0v) is 16.5. The van der Waals surface area contributed by atoms with Gasteiger partial charge >= 0.3 is 5.69 Å². The summed E-state index contributed by atoms with van der Waals surface area (Å²) < 4.78 is 37.6. The van der Waals surface area contributed by atoms with Crippen molar-refractivity contribution >= 4 is 15.7 Å². The van der Waals surface area contributed by atoms with E-state index in [1.54, 1.807) is 12.1 Å². The van der Waals surface area contributed by atoms with Gasteiger partial charge in [0.2, 0.25) is 15.8 Å². The maximum absolute atomic E-state index is 12.7. The van der Waals surface area contributed by atoms with E-state index in [1.807, 2.05) is 12.1 Å². The van der Waals surface area contributed by atoms with Crippen molar-refractivity contribution in [3.05, 3.63) is 58.1 Å². The normalized spacial score (nSPS) is 15.5. The Morgan fingerprint density at radius 1 is 1.11 bits per heavy atom. The Balaban J connectivity index is 1.90. The fraction of sp³-hybridized carbons (Fsp3) is 0.368. The van der Waals surface area contributed by atoms with Gasteiger partial charge in [-0.2, -0.15) is 4.31 Å². The summed E-state index contributed by atoms with van der Waals surface area (Å²) in [6, 6.07) is 10.9. The van der Waals surface area contributed by atoms with E-state index in [2.05, 4.69) is 13.8 Å². The molecule has 0 amide bonds. The van der Waals surface area contributed by atoms with Crippen molar-refractivity contribution in [3.63, 3.8) is 0 Å². The predicted molar refractivity (Wildman–Crippen MR) is 103 cm³/mol. The standard InChI is InChI=1S/C19H22N2O6S/c1-14(2)15-3-5-16(6-4-15)27-19-8-7-17(13-18(19)21(22)23)28(24,25)20-9-11-26-12-10-20/h3-8,13-14H,9-12H2,1-2H3. The Kier molecular flexibility index (Phi) is 5.97. The number of benzene rings is 2. The Morgan fingerprint density at radius 2 is 1.75 bits per heavy atom. The van der Waals surface area contributed by atoms with Crippen LogP contribution in [0.2, 0.25) is 0 Å². The van der Waals surface area contributed by atoms with Gasteiger partial charge in [-0.25, -0.2) is 8.42 Å². The Hall–Kier alpha value is -2.49. The average molecular weight is 406 g/mol. The molecule has 3 rings (SSSR count). The lowest BCUT2D eigenvalue weighted by atomic mass is 10.0. The summed E-state index contributed by atoms with van der Waals surface area (Å²) in [7, 11) is -3.83. The Bertz CT molecular complexity index is 951. The van der Waals surface area contributed by atoms with Crippen LogP contribution in [-0.2, 0) is 14.8 Å². The minimum absolute atomic E-state index is 0.0109. The van der Waals surface area contributed by atoms with Crippen molar-refractivity contribution in [1.82, 2.24) is 4.31 Å². The Morgan fingerprint density at radius 3 is 2.32 bits per heavy atom. The highest BCUT2D eigenvalue weighted by molar-refractivity contribution is 7.89. The van der Waals surface area contributed by atoms with E-state index in [0.717, 1.165) is 11.6 Å². The second-order valence-corrected chi connectivity index (χ2v) is 8.67. The zero-order chi connectivity index (χ0) is 20.3. The first-order valence-electron chi connectivity index (χ1n) is 8.93. The minimum Gasteiger partial charge on any atom is -0.450 e. The second kappa shape index (κ2) is 8.26. The molecule has 0 atom stereocenters. The van der Waals surface area contributed by atoms with Crippen molar-refractivity contribution in [2.45, 2.75) is 24.7 Å². The quantitative estimate of drug-likeness (QED) is 0.537. The third-order valence-electron chi connectivity index (χ3n) is 4.51. The molecule has 9 heteroatoms. The van der Waals surface area contributed by atoms with Gasteiger partial charge in [0.25, 0.3) is 0 Å². The fourth-order valence-electron chi connectivity index (χ4n) is 2.87. The molecule has 8 nitrogen and oxygen atoms in total. The molecule has 150 valence electrons. The highest BCUT2D eigenvalue weighted by Crippen LogP contribution is 2.34. The summed E-state index contributed by atoms with van der Waals surface area (Å²) >= 11 is 0. The number of hydrogen-bond acceptors (Lipinski definition) is 6. The van der Waals surface area contributed by atoms with Gasteiger partial charge in [-0.05, 0) is 35.7 Å². The molecule has 0 bridgehead atoms. The minimum atomic E-state index is -3.83. The van der Waals surface area contributed by atoms with Gasteiger partial charge in [0.1, 0.15) is 5.75 Å². The predicted octanol–water partition coefficient (Wildman–Crippen LogP) is 3.53. The summed E-state index contributed by atoms with van der Waals surface area (Å²) in [5.41, 5.74) is 0.719. The van der Waals surface area contributed by atoms with E-state index < -0.39 is 20.6 Å². The summed E-state index contributed by atoms with van der Waals surface area (Å²) in [4.78, 5) is 10.7. The van der Waals surface area contributed by atoms with Crippen LogP contribution in [0.5, 0.6) is 11.5 Å². The van der Waals surface area contributed by atoms with Crippen LogP contribution in [-0.4, -0.2) is 43.9 Å². The summed E-state index contributed by atoms with van der Waals surface area (Å²) in [5, 5.41) is 11.5. The van der Waals surface area contributed by atoms with E-state index >= 15 is 0 Å². The summed E-state index contributed by atoms with van der Waals surface area (Å²) in [6.07, 6.45) is 0. The number of rotatable bonds is 6. The molecule has 28 heavy (non-hydrogen) atoms. The van der Waals surface area contributed by atoms with Crippen molar-refractivity contribution in [1.29, 1.82) is 0 Å². The number of morpholine rings is 1. The van der Waals surface area contributed by atoms with E-state index in [9.17, 15) is 18.5 Å². The third kappa shape index (κ3) is 4.32. The lowest BCUT2D eigenvalue weighted by Crippen LogP contribution is -2.40. The van der Waals surface area contributed by atoms with E-state index in [-0.39, 0.29) is 23.7 Å². The maximum atomic E-state index is 12.7. The maximum Gasteiger partial charge on any atom is 0.312 e. The second-order valence-electron chi connectivity index (χ2n) is 6.73. The molecule has 0 N–H and O–H groups in total. The first-order valence-corrected chi connectivity index (χ1v) is 10.4.